The molecule has 1 aromatic rings. The van der Waals surface area contributed by atoms with Crippen LogP contribution in [-0.4, -0.2) is 31.2 Å². The molecule has 1 aliphatic heterocycles. The molecule has 0 atom stereocenters. The molecule has 82 valence electrons. The summed E-state index contributed by atoms with van der Waals surface area (Å²) in [6.07, 6.45) is 0.371. The van der Waals surface area contributed by atoms with Gasteiger partial charge >= 0.3 is 0 Å². The van der Waals surface area contributed by atoms with E-state index in [4.69, 9.17) is 16.3 Å². The Morgan fingerprint density at radius 3 is 2.80 bits per heavy atom. The first-order chi connectivity index (χ1) is 7.02. The fraction of sp³-hybridized carbons (Fsp3) is 0.500. The highest BCUT2D eigenvalue weighted by Crippen LogP contribution is 2.27. The van der Waals surface area contributed by atoms with Crippen LogP contribution in [0.25, 0.3) is 0 Å². The molecular weight excluding hydrogens is 240 g/mol. The largest absolute Gasteiger partial charge is 0.481 e. The summed E-state index contributed by atoms with van der Waals surface area (Å²) in [4.78, 5) is 7.84. The molecule has 1 aromatic heterocycles. The summed E-state index contributed by atoms with van der Waals surface area (Å²) in [5, 5.41) is 0.0879. The Balaban J connectivity index is 2.57. The molecule has 2 rings (SSSR count). The molecule has 7 heteroatoms. The third kappa shape index (κ3) is 2.05. The zero-order chi connectivity index (χ0) is 11.1. The molecule has 0 aliphatic carbocycles. The highest BCUT2D eigenvalue weighted by atomic mass is 35.5. The summed E-state index contributed by atoms with van der Waals surface area (Å²) in [7, 11) is -1.61. The Morgan fingerprint density at radius 1 is 1.40 bits per heavy atom. The van der Waals surface area contributed by atoms with E-state index >= 15 is 0 Å². The standard InChI is InChI=1S/C8H9ClN2O3S/c1-14-7-5-4-15(12,13)3-2-6(5)10-8(9)11-7/h2-4H2,1H3. The van der Waals surface area contributed by atoms with E-state index in [9.17, 15) is 8.42 Å². The minimum Gasteiger partial charge on any atom is -0.481 e. The van der Waals surface area contributed by atoms with Crippen molar-refractivity contribution in [2.24, 2.45) is 0 Å². The Kier molecular flexibility index (Phi) is 2.56. The quantitative estimate of drug-likeness (QED) is 0.681. The van der Waals surface area contributed by atoms with Crippen LogP contribution in [0.5, 0.6) is 5.88 Å². The molecule has 0 fully saturated rings. The van der Waals surface area contributed by atoms with Crippen molar-refractivity contribution >= 4 is 21.4 Å². The van der Waals surface area contributed by atoms with Gasteiger partial charge in [0.15, 0.2) is 9.84 Å². The van der Waals surface area contributed by atoms with E-state index in [0.717, 1.165) is 0 Å². The van der Waals surface area contributed by atoms with E-state index in [1.54, 1.807) is 0 Å². The molecular formula is C8H9ClN2O3S. The van der Waals surface area contributed by atoms with Crippen LogP contribution in [0.4, 0.5) is 0 Å². The predicted octanol–water partition coefficient (Wildman–Crippen LogP) is 0.609. The van der Waals surface area contributed by atoms with E-state index in [2.05, 4.69) is 9.97 Å². The predicted molar refractivity (Wildman–Crippen MR) is 54.8 cm³/mol. The van der Waals surface area contributed by atoms with Gasteiger partial charge in [0.1, 0.15) is 0 Å². The number of hydrogen-bond acceptors (Lipinski definition) is 5. The topological polar surface area (TPSA) is 69.2 Å². The number of sulfone groups is 1. The van der Waals surface area contributed by atoms with Gasteiger partial charge in [-0.15, -0.1) is 0 Å². The molecule has 2 heterocycles. The van der Waals surface area contributed by atoms with Crippen LogP contribution in [0.2, 0.25) is 5.28 Å². The molecule has 0 spiro atoms. The van der Waals surface area contributed by atoms with Crippen molar-refractivity contribution in [3.05, 3.63) is 16.5 Å². The van der Waals surface area contributed by atoms with Crippen molar-refractivity contribution in [3.8, 4) is 5.88 Å². The SMILES string of the molecule is COc1nc(Cl)nc2c1CS(=O)(=O)CC2. The first-order valence-corrected chi connectivity index (χ1v) is 6.51. The van der Waals surface area contributed by atoms with Gasteiger partial charge in [0.25, 0.3) is 0 Å². The van der Waals surface area contributed by atoms with Crippen LogP contribution >= 0.6 is 11.6 Å². The lowest BCUT2D eigenvalue weighted by atomic mass is 10.2. The van der Waals surface area contributed by atoms with Crippen molar-refractivity contribution in [3.63, 3.8) is 0 Å². The molecule has 1 aliphatic rings. The number of aromatic nitrogens is 2. The van der Waals surface area contributed by atoms with E-state index < -0.39 is 9.84 Å². The molecule has 0 radical (unpaired) electrons. The first kappa shape index (κ1) is 10.6. The molecule has 0 unspecified atom stereocenters. The lowest BCUT2D eigenvalue weighted by molar-refractivity contribution is 0.391. The number of rotatable bonds is 1. The fourth-order valence-corrected chi connectivity index (χ4v) is 3.10. The Hall–Kier alpha value is -0.880. The molecule has 15 heavy (non-hydrogen) atoms. The fourth-order valence-electron chi connectivity index (χ4n) is 1.54. The van der Waals surface area contributed by atoms with Crippen LogP contribution in [0.15, 0.2) is 0 Å². The van der Waals surface area contributed by atoms with Crippen molar-refractivity contribution < 1.29 is 13.2 Å². The summed E-state index contributed by atoms with van der Waals surface area (Å²) < 4.78 is 27.8. The monoisotopic (exact) mass is 248 g/mol. The third-order valence-corrected chi connectivity index (χ3v) is 3.96. The molecule has 0 saturated heterocycles. The second-order valence-corrected chi connectivity index (χ2v) is 5.79. The maximum Gasteiger partial charge on any atom is 0.225 e. The second-order valence-electron chi connectivity index (χ2n) is 3.27. The molecule has 5 nitrogen and oxygen atoms in total. The maximum absolute atomic E-state index is 11.4. The Labute approximate surface area is 92.4 Å². The number of ether oxygens (including phenoxy) is 1. The molecule has 0 bridgehead atoms. The number of halogens is 1. The highest BCUT2D eigenvalue weighted by Gasteiger charge is 2.26. The van der Waals surface area contributed by atoms with E-state index in [-0.39, 0.29) is 22.7 Å². The summed E-state index contributed by atoms with van der Waals surface area (Å²) in [6, 6.07) is 0. The van der Waals surface area contributed by atoms with Gasteiger partial charge in [-0.1, -0.05) is 0 Å². The van der Waals surface area contributed by atoms with Gasteiger partial charge in [0.05, 0.1) is 29.9 Å². The summed E-state index contributed by atoms with van der Waals surface area (Å²) in [5.74, 6) is 0.299. The van der Waals surface area contributed by atoms with Gasteiger partial charge in [-0.05, 0) is 11.6 Å². The highest BCUT2D eigenvalue weighted by molar-refractivity contribution is 7.90. The summed E-state index contributed by atoms with van der Waals surface area (Å²) >= 11 is 5.68. The smallest absolute Gasteiger partial charge is 0.225 e. The molecule has 0 saturated carbocycles. The van der Waals surface area contributed by atoms with Crippen LogP contribution in [-0.2, 0) is 22.0 Å². The van der Waals surface area contributed by atoms with Crippen molar-refractivity contribution in [2.45, 2.75) is 12.2 Å². The number of aryl methyl sites for hydroxylation is 1. The zero-order valence-corrected chi connectivity index (χ0v) is 9.60. The average molecular weight is 249 g/mol. The molecule has 0 amide bonds. The van der Waals surface area contributed by atoms with Gasteiger partial charge in [-0.2, -0.15) is 4.98 Å². The average Bonchev–Trinajstić information content (AvgIpc) is 2.17. The lowest BCUT2D eigenvalue weighted by Crippen LogP contribution is -2.21. The Morgan fingerprint density at radius 2 is 2.13 bits per heavy atom. The van der Waals surface area contributed by atoms with Crippen LogP contribution in [0, 0.1) is 0 Å². The number of methoxy groups -OCH3 is 1. The zero-order valence-electron chi connectivity index (χ0n) is 8.03. The summed E-state index contributed by atoms with van der Waals surface area (Å²) in [6.45, 7) is 0. The van der Waals surface area contributed by atoms with E-state index in [1.807, 2.05) is 0 Å². The normalized spacial score (nSPS) is 18.3. The van der Waals surface area contributed by atoms with Crippen LogP contribution in [0.3, 0.4) is 0 Å². The van der Waals surface area contributed by atoms with Gasteiger partial charge < -0.3 is 4.74 Å². The number of hydrogen-bond donors (Lipinski definition) is 0. The Bertz CT molecular complexity index is 484. The minimum atomic E-state index is -3.04. The summed E-state index contributed by atoms with van der Waals surface area (Å²) in [5.41, 5.74) is 1.20. The van der Waals surface area contributed by atoms with Crippen LogP contribution in [0.1, 0.15) is 11.3 Å². The maximum atomic E-state index is 11.4. The van der Waals surface area contributed by atoms with Crippen molar-refractivity contribution in [2.75, 3.05) is 12.9 Å². The second kappa shape index (κ2) is 3.61. The van der Waals surface area contributed by atoms with E-state index in [1.165, 1.54) is 7.11 Å². The van der Waals surface area contributed by atoms with Gasteiger partial charge in [0.2, 0.25) is 11.2 Å². The van der Waals surface area contributed by atoms with Gasteiger partial charge in [-0.25, -0.2) is 13.4 Å². The number of fused-ring (bicyclic) bond motifs is 1. The van der Waals surface area contributed by atoms with Crippen molar-refractivity contribution in [1.82, 2.24) is 9.97 Å². The third-order valence-electron chi connectivity index (χ3n) is 2.23. The van der Waals surface area contributed by atoms with Gasteiger partial charge in [0, 0.05) is 6.42 Å². The molecule has 0 aromatic carbocycles. The van der Waals surface area contributed by atoms with E-state index in [0.29, 0.717) is 17.7 Å². The number of nitrogens with zero attached hydrogens (tertiary/aromatic N) is 2. The first-order valence-electron chi connectivity index (χ1n) is 4.31. The lowest BCUT2D eigenvalue weighted by Gasteiger charge is -2.17. The molecule has 0 N–H and O–H groups in total. The van der Waals surface area contributed by atoms with Gasteiger partial charge in [-0.3, -0.25) is 0 Å². The minimum absolute atomic E-state index is 0.0668. The van der Waals surface area contributed by atoms with Crippen molar-refractivity contribution in [1.29, 1.82) is 0 Å². The van der Waals surface area contributed by atoms with Crippen LogP contribution < -0.4 is 4.74 Å².